The number of aromatic amines is 1. The number of carbonyl (C=O) groups excluding carboxylic acids is 1. The van der Waals surface area contributed by atoms with Crippen molar-refractivity contribution < 1.29 is 4.79 Å². The Morgan fingerprint density at radius 3 is 2.71 bits per heavy atom. The number of amides is 1. The Hall–Kier alpha value is -2.96. The van der Waals surface area contributed by atoms with Gasteiger partial charge in [0.25, 0.3) is 11.5 Å². The van der Waals surface area contributed by atoms with E-state index in [1.807, 2.05) is 36.4 Å². The van der Waals surface area contributed by atoms with Gasteiger partial charge < -0.3 is 9.88 Å². The Kier molecular flexibility index (Phi) is 4.75. The number of hydrogen-bond donors (Lipinski definition) is 1. The van der Waals surface area contributed by atoms with Gasteiger partial charge in [-0.1, -0.05) is 0 Å². The van der Waals surface area contributed by atoms with Crippen LogP contribution in [0.25, 0.3) is 10.8 Å². The van der Waals surface area contributed by atoms with E-state index in [0.717, 1.165) is 47.4 Å². The van der Waals surface area contributed by atoms with Crippen LogP contribution in [0.4, 0.5) is 0 Å². The van der Waals surface area contributed by atoms with Crippen LogP contribution in [0.1, 0.15) is 53.1 Å². The summed E-state index contributed by atoms with van der Waals surface area (Å²) in [4.78, 5) is 34.5. The van der Waals surface area contributed by atoms with E-state index in [9.17, 15) is 9.59 Å². The van der Waals surface area contributed by atoms with E-state index in [4.69, 9.17) is 0 Å². The zero-order chi connectivity index (χ0) is 19.8. The number of aromatic nitrogens is 4. The monoisotopic (exact) mass is 379 g/mol. The van der Waals surface area contributed by atoms with Crippen LogP contribution in [0.5, 0.6) is 0 Å². The highest BCUT2D eigenvalue weighted by molar-refractivity contribution is 5.96. The first-order valence-electron chi connectivity index (χ1n) is 9.79. The molecule has 0 aromatic carbocycles. The number of carbonyl (C=O) groups is 1. The minimum atomic E-state index is -0.0772. The van der Waals surface area contributed by atoms with Gasteiger partial charge in [-0.15, -0.1) is 0 Å². The third-order valence-corrected chi connectivity index (χ3v) is 5.78. The maximum Gasteiger partial charge on any atom is 0.257 e. The highest BCUT2D eigenvalue weighted by atomic mass is 16.2. The molecule has 3 aromatic heterocycles. The fraction of sp³-hybridized carbons (Fsp3) is 0.429. The molecule has 1 amide bonds. The molecule has 0 atom stereocenters. The molecule has 0 bridgehead atoms. The summed E-state index contributed by atoms with van der Waals surface area (Å²) < 4.78 is 1.88. The van der Waals surface area contributed by atoms with E-state index in [1.54, 1.807) is 18.5 Å². The van der Waals surface area contributed by atoms with Crippen molar-refractivity contribution in [3.05, 3.63) is 57.5 Å². The lowest BCUT2D eigenvalue weighted by Crippen LogP contribution is -2.38. The molecule has 0 saturated carbocycles. The topological polar surface area (TPSA) is 83.9 Å². The maximum atomic E-state index is 13.0. The van der Waals surface area contributed by atoms with Gasteiger partial charge in [0.05, 0.1) is 16.6 Å². The molecule has 28 heavy (non-hydrogen) atoms. The van der Waals surface area contributed by atoms with Crippen molar-refractivity contribution in [1.29, 1.82) is 0 Å². The molecule has 1 fully saturated rings. The summed E-state index contributed by atoms with van der Waals surface area (Å²) in [6, 6.07) is 3.76. The quantitative estimate of drug-likeness (QED) is 0.758. The normalized spacial score (nSPS) is 15.3. The largest absolute Gasteiger partial charge is 0.338 e. The second kappa shape index (κ2) is 7.22. The summed E-state index contributed by atoms with van der Waals surface area (Å²) in [5.41, 5.74) is 3.30. The summed E-state index contributed by atoms with van der Waals surface area (Å²) in [5.74, 6) is 0.297. The smallest absolute Gasteiger partial charge is 0.257 e. The zero-order valence-electron chi connectivity index (χ0n) is 16.5. The van der Waals surface area contributed by atoms with Crippen molar-refractivity contribution in [2.45, 2.75) is 46.1 Å². The lowest BCUT2D eigenvalue weighted by Gasteiger charge is -2.32. The first-order valence-corrected chi connectivity index (χ1v) is 9.79. The van der Waals surface area contributed by atoms with Gasteiger partial charge in [0.15, 0.2) is 0 Å². The average Bonchev–Trinajstić information content (AvgIpc) is 3.01. The van der Waals surface area contributed by atoms with Gasteiger partial charge in [-0.3, -0.25) is 19.3 Å². The molecular formula is C21H25N5O2. The van der Waals surface area contributed by atoms with Crippen LogP contribution in [0.15, 0.2) is 29.3 Å². The molecule has 4 rings (SSSR count). The van der Waals surface area contributed by atoms with E-state index < -0.39 is 0 Å². The Morgan fingerprint density at radius 1 is 1.29 bits per heavy atom. The van der Waals surface area contributed by atoms with Crippen LogP contribution < -0.4 is 5.56 Å². The fourth-order valence-corrected chi connectivity index (χ4v) is 4.22. The van der Waals surface area contributed by atoms with Crippen LogP contribution in [0, 0.1) is 13.8 Å². The van der Waals surface area contributed by atoms with Crippen molar-refractivity contribution in [2.75, 3.05) is 13.1 Å². The lowest BCUT2D eigenvalue weighted by molar-refractivity contribution is 0.0710. The van der Waals surface area contributed by atoms with Gasteiger partial charge in [-0.25, -0.2) is 0 Å². The van der Waals surface area contributed by atoms with Crippen LogP contribution in [0.3, 0.4) is 0 Å². The van der Waals surface area contributed by atoms with E-state index in [0.29, 0.717) is 18.5 Å². The number of hydrogen-bond acceptors (Lipinski definition) is 4. The van der Waals surface area contributed by atoms with Crippen molar-refractivity contribution in [3.63, 3.8) is 0 Å². The molecule has 146 valence electrons. The van der Waals surface area contributed by atoms with Crippen LogP contribution in [0.2, 0.25) is 0 Å². The van der Waals surface area contributed by atoms with Gasteiger partial charge in [0, 0.05) is 54.7 Å². The molecule has 7 heteroatoms. The van der Waals surface area contributed by atoms with Crippen LogP contribution in [-0.2, 0) is 6.54 Å². The second-order valence-electron chi connectivity index (χ2n) is 7.44. The van der Waals surface area contributed by atoms with Gasteiger partial charge in [0.1, 0.15) is 0 Å². The summed E-state index contributed by atoms with van der Waals surface area (Å²) in [7, 11) is 0. The number of nitrogens with one attached hydrogen (secondary N) is 1. The van der Waals surface area contributed by atoms with Crippen molar-refractivity contribution in [3.8, 4) is 0 Å². The molecule has 3 aromatic rings. The summed E-state index contributed by atoms with van der Waals surface area (Å²) >= 11 is 0. The molecule has 4 heterocycles. The van der Waals surface area contributed by atoms with E-state index in [-0.39, 0.29) is 17.4 Å². The van der Waals surface area contributed by atoms with Gasteiger partial charge in [0.2, 0.25) is 0 Å². The first-order chi connectivity index (χ1) is 13.5. The standard InChI is InChI=1S/C21H25N5O2/c1-4-26-14(3)19(13(2)24-26)21(28)25-9-6-15(7-10-25)18-11-16-12-22-8-5-17(16)20(27)23-18/h5,8,11-12,15H,4,6-7,9-10H2,1-3H3,(H,23,27). The Bertz CT molecular complexity index is 1090. The summed E-state index contributed by atoms with van der Waals surface area (Å²) in [5, 5.41) is 5.99. The van der Waals surface area contributed by atoms with E-state index in [1.165, 1.54) is 0 Å². The Morgan fingerprint density at radius 2 is 2.04 bits per heavy atom. The van der Waals surface area contributed by atoms with E-state index in [2.05, 4.69) is 15.1 Å². The highest BCUT2D eigenvalue weighted by Gasteiger charge is 2.28. The third-order valence-electron chi connectivity index (χ3n) is 5.78. The minimum Gasteiger partial charge on any atom is -0.338 e. The fourth-order valence-electron chi connectivity index (χ4n) is 4.22. The zero-order valence-corrected chi connectivity index (χ0v) is 16.5. The number of fused-ring (bicyclic) bond motifs is 1. The molecule has 0 radical (unpaired) electrons. The molecular weight excluding hydrogens is 354 g/mol. The first kappa shape index (κ1) is 18.4. The minimum absolute atomic E-state index is 0.0596. The highest BCUT2D eigenvalue weighted by Crippen LogP contribution is 2.29. The predicted molar refractivity (Wildman–Crippen MR) is 108 cm³/mol. The van der Waals surface area contributed by atoms with Gasteiger partial charge in [-0.05, 0) is 45.7 Å². The maximum absolute atomic E-state index is 13.0. The van der Waals surface area contributed by atoms with Gasteiger partial charge >= 0.3 is 0 Å². The molecule has 1 aliphatic rings. The number of pyridine rings is 2. The number of nitrogens with zero attached hydrogens (tertiary/aromatic N) is 4. The summed E-state index contributed by atoms with van der Waals surface area (Å²) in [6.45, 7) is 7.98. The molecule has 0 unspecified atom stereocenters. The lowest BCUT2D eigenvalue weighted by atomic mass is 9.92. The Balaban J connectivity index is 1.52. The number of likely N-dealkylation sites (tertiary alicyclic amines) is 1. The molecule has 1 saturated heterocycles. The second-order valence-corrected chi connectivity index (χ2v) is 7.44. The molecule has 0 spiro atoms. The number of rotatable bonds is 3. The number of aryl methyl sites for hydroxylation is 2. The SMILES string of the molecule is CCn1nc(C)c(C(=O)N2CCC(c3cc4cnccc4c(=O)[nH]3)CC2)c1C. The van der Waals surface area contributed by atoms with Crippen molar-refractivity contribution in [2.24, 2.45) is 0 Å². The van der Waals surface area contributed by atoms with Crippen molar-refractivity contribution >= 4 is 16.7 Å². The van der Waals surface area contributed by atoms with E-state index >= 15 is 0 Å². The molecule has 0 aliphatic carbocycles. The van der Waals surface area contributed by atoms with Crippen LogP contribution >= 0.6 is 0 Å². The molecule has 1 aliphatic heterocycles. The Labute approximate surface area is 163 Å². The number of piperidine rings is 1. The van der Waals surface area contributed by atoms with Gasteiger partial charge in [-0.2, -0.15) is 5.10 Å². The predicted octanol–water partition coefficient (Wildman–Crippen LogP) is 2.78. The summed E-state index contributed by atoms with van der Waals surface area (Å²) in [6.07, 6.45) is 5.01. The number of H-pyrrole nitrogens is 1. The van der Waals surface area contributed by atoms with Crippen molar-refractivity contribution in [1.82, 2.24) is 24.6 Å². The average molecular weight is 379 g/mol. The molecule has 1 N–H and O–H groups in total. The molecule has 7 nitrogen and oxygen atoms in total. The van der Waals surface area contributed by atoms with Crippen LogP contribution in [-0.4, -0.2) is 43.6 Å². The third kappa shape index (κ3) is 3.10.